The molecule has 1 aromatic heterocycles. The molecule has 0 spiro atoms. The van der Waals surface area contributed by atoms with E-state index in [2.05, 4.69) is 89.3 Å². The van der Waals surface area contributed by atoms with E-state index in [4.69, 9.17) is 5.73 Å². The van der Waals surface area contributed by atoms with Gasteiger partial charge in [-0.3, -0.25) is 14.8 Å². The molecule has 3 aromatic rings. The number of carbonyl (C=O) groups is 1. The fourth-order valence-corrected chi connectivity index (χ4v) is 4.56. The van der Waals surface area contributed by atoms with E-state index in [1.54, 1.807) is 0 Å². The topological polar surface area (TPSA) is 78.2 Å². The number of aryl methyl sites for hydroxylation is 3. The number of aromatic nitrogens is 2. The predicted molar refractivity (Wildman–Crippen MR) is 134 cm³/mol. The first-order valence-corrected chi connectivity index (χ1v) is 11.9. The largest absolute Gasteiger partial charge is 0.369 e. The predicted octanol–water partition coefficient (Wildman–Crippen LogP) is 3.72. The highest BCUT2D eigenvalue weighted by molar-refractivity contribution is 5.95. The first-order valence-electron chi connectivity index (χ1n) is 11.9. The summed E-state index contributed by atoms with van der Waals surface area (Å²) in [6.45, 7) is 10.9. The number of carbonyl (C=O) groups excluding carboxylic acids is 1. The Labute approximate surface area is 196 Å². The molecule has 0 radical (unpaired) electrons. The van der Waals surface area contributed by atoms with Gasteiger partial charge in [0.05, 0.1) is 17.0 Å². The summed E-state index contributed by atoms with van der Waals surface area (Å²) in [4.78, 5) is 17.2. The third-order valence-corrected chi connectivity index (χ3v) is 6.66. The minimum Gasteiger partial charge on any atom is -0.369 e. The van der Waals surface area contributed by atoms with Crippen LogP contribution in [-0.2, 0) is 19.3 Å². The molecular weight excluding hydrogens is 410 g/mol. The lowest BCUT2D eigenvalue weighted by Crippen LogP contribution is -2.48. The molecular formula is C27H35N5O. The maximum absolute atomic E-state index is 12.2. The molecule has 33 heavy (non-hydrogen) atoms. The molecule has 1 saturated heterocycles. The van der Waals surface area contributed by atoms with E-state index >= 15 is 0 Å². The number of H-pyrrole nitrogens is 1. The Morgan fingerprint density at radius 3 is 2.21 bits per heavy atom. The first kappa shape index (κ1) is 23.1. The summed E-state index contributed by atoms with van der Waals surface area (Å²) >= 11 is 0. The second-order valence-electron chi connectivity index (χ2n) is 9.33. The minimum atomic E-state index is -0.419. The summed E-state index contributed by atoms with van der Waals surface area (Å²) < 4.78 is 0. The van der Waals surface area contributed by atoms with Crippen LogP contribution >= 0.6 is 0 Å². The molecule has 0 atom stereocenters. The lowest BCUT2D eigenvalue weighted by Gasteiger charge is -2.38. The monoisotopic (exact) mass is 445 g/mol. The second-order valence-corrected chi connectivity index (χ2v) is 9.33. The van der Waals surface area contributed by atoms with Crippen LogP contribution in [0, 0.1) is 6.92 Å². The smallest absolute Gasteiger partial charge is 0.252 e. The summed E-state index contributed by atoms with van der Waals surface area (Å²) in [5.74, 6) is -0.419. The van der Waals surface area contributed by atoms with Crippen LogP contribution in [0.25, 0.3) is 0 Å². The molecule has 3 N–H and O–H groups in total. The van der Waals surface area contributed by atoms with Gasteiger partial charge in [-0.15, -0.1) is 0 Å². The van der Waals surface area contributed by atoms with Crippen molar-refractivity contribution in [2.24, 2.45) is 5.73 Å². The van der Waals surface area contributed by atoms with Gasteiger partial charge in [0.15, 0.2) is 0 Å². The van der Waals surface area contributed by atoms with Gasteiger partial charge in [-0.2, -0.15) is 5.10 Å². The van der Waals surface area contributed by atoms with Crippen molar-refractivity contribution in [2.75, 3.05) is 31.1 Å². The second kappa shape index (κ2) is 10.2. The van der Waals surface area contributed by atoms with E-state index in [0.717, 1.165) is 49.6 Å². The van der Waals surface area contributed by atoms with Crippen LogP contribution in [0.3, 0.4) is 0 Å². The number of nitrogens with one attached hydrogen (secondary N) is 1. The summed E-state index contributed by atoms with van der Waals surface area (Å²) in [5, 5.41) is 7.52. The Bertz CT molecular complexity index is 1060. The van der Waals surface area contributed by atoms with Crippen molar-refractivity contribution in [2.45, 2.75) is 46.1 Å². The summed E-state index contributed by atoms with van der Waals surface area (Å²) in [7, 11) is 0. The maximum Gasteiger partial charge on any atom is 0.252 e. The SMILES string of the molecule is Cc1ccc(CCc2n[nH]c(Cc3ccc(N4CCN(C(C)C)CC4)cc3)c2C(N)=O)cc1. The number of nitrogens with zero attached hydrogens (tertiary/aromatic N) is 3. The number of primary amides is 1. The van der Waals surface area contributed by atoms with Gasteiger partial charge in [-0.05, 0) is 56.9 Å². The molecule has 174 valence electrons. The van der Waals surface area contributed by atoms with Crippen LogP contribution in [0.2, 0.25) is 0 Å². The number of amides is 1. The molecule has 0 bridgehead atoms. The Morgan fingerprint density at radius 2 is 1.61 bits per heavy atom. The number of nitrogens with two attached hydrogens (primary N) is 1. The zero-order chi connectivity index (χ0) is 23.4. The third-order valence-electron chi connectivity index (χ3n) is 6.66. The summed E-state index contributed by atoms with van der Waals surface area (Å²) in [5.41, 5.74) is 12.7. The van der Waals surface area contributed by atoms with Crippen molar-refractivity contribution in [3.63, 3.8) is 0 Å². The van der Waals surface area contributed by atoms with Crippen LogP contribution in [-0.4, -0.2) is 53.2 Å². The zero-order valence-corrected chi connectivity index (χ0v) is 20.0. The molecule has 1 amide bonds. The molecule has 6 nitrogen and oxygen atoms in total. The number of benzene rings is 2. The normalized spacial score (nSPS) is 14.7. The lowest BCUT2D eigenvalue weighted by molar-refractivity contribution is 0.0998. The van der Waals surface area contributed by atoms with Gasteiger partial charge in [0.25, 0.3) is 5.91 Å². The van der Waals surface area contributed by atoms with E-state index in [1.807, 2.05) is 0 Å². The standard InChI is InChI=1S/C27H35N5O/c1-19(2)31-14-16-32(17-15-31)23-11-8-22(9-12-23)18-25-26(27(28)33)24(29-30-25)13-10-21-6-4-20(3)5-7-21/h4-9,11-12,19H,10,13-18H2,1-3H3,(H2,28,33)(H,29,30). The molecule has 1 aliphatic heterocycles. The number of aromatic amines is 1. The number of piperazine rings is 1. The molecule has 4 rings (SSSR count). The Hall–Kier alpha value is -3.12. The Morgan fingerprint density at radius 1 is 0.970 bits per heavy atom. The van der Waals surface area contributed by atoms with Crippen molar-refractivity contribution >= 4 is 11.6 Å². The van der Waals surface area contributed by atoms with Crippen LogP contribution < -0.4 is 10.6 Å². The average molecular weight is 446 g/mol. The van der Waals surface area contributed by atoms with Gasteiger partial charge >= 0.3 is 0 Å². The van der Waals surface area contributed by atoms with Crippen molar-refractivity contribution in [3.8, 4) is 0 Å². The van der Waals surface area contributed by atoms with Gasteiger partial charge in [0.1, 0.15) is 0 Å². The average Bonchev–Trinajstić information content (AvgIpc) is 3.22. The molecule has 2 heterocycles. The third kappa shape index (κ3) is 5.63. The van der Waals surface area contributed by atoms with Crippen LogP contribution in [0.4, 0.5) is 5.69 Å². The van der Waals surface area contributed by atoms with Crippen LogP contribution in [0.15, 0.2) is 48.5 Å². The molecule has 2 aromatic carbocycles. The van der Waals surface area contributed by atoms with Gasteiger partial charge in [0.2, 0.25) is 0 Å². The maximum atomic E-state index is 12.2. The quantitative estimate of drug-likeness (QED) is 0.554. The highest BCUT2D eigenvalue weighted by atomic mass is 16.1. The highest BCUT2D eigenvalue weighted by Crippen LogP contribution is 2.21. The van der Waals surface area contributed by atoms with Crippen molar-refractivity contribution < 1.29 is 4.79 Å². The zero-order valence-electron chi connectivity index (χ0n) is 20.0. The van der Waals surface area contributed by atoms with Gasteiger partial charge in [-0.25, -0.2) is 0 Å². The fourth-order valence-electron chi connectivity index (χ4n) is 4.56. The molecule has 1 aliphatic rings. The van der Waals surface area contributed by atoms with E-state index in [-0.39, 0.29) is 0 Å². The number of rotatable bonds is 8. The number of hydrogen-bond acceptors (Lipinski definition) is 4. The first-order chi connectivity index (χ1) is 15.9. The minimum absolute atomic E-state index is 0.419. The molecule has 0 saturated carbocycles. The van der Waals surface area contributed by atoms with Crippen LogP contribution in [0.1, 0.15) is 52.3 Å². The molecule has 0 aliphatic carbocycles. The highest BCUT2D eigenvalue weighted by Gasteiger charge is 2.20. The van der Waals surface area contributed by atoms with Gasteiger partial charge in [0, 0.05) is 44.3 Å². The number of hydrogen-bond donors (Lipinski definition) is 2. The van der Waals surface area contributed by atoms with Crippen molar-refractivity contribution in [1.82, 2.24) is 15.1 Å². The lowest BCUT2D eigenvalue weighted by atomic mass is 10.0. The van der Waals surface area contributed by atoms with E-state index < -0.39 is 5.91 Å². The summed E-state index contributed by atoms with van der Waals surface area (Å²) in [6, 6.07) is 17.7. The number of anilines is 1. The van der Waals surface area contributed by atoms with E-state index in [9.17, 15) is 4.79 Å². The van der Waals surface area contributed by atoms with Gasteiger partial charge in [-0.1, -0.05) is 42.0 Å². The van der Waals surface area contributed by atoms with Crippen molar-refractivity contribution in [3.05, 3.63) is 82.2 Å². The Balaban J connectivity index is 1.41. The molecule has 6 heteroatoms. The van der Waals surface area contributed by atoms with Gasteiger partial charge < -0.3 is 10.6 Å². The van der Waals surface area contributed by atoms with Crippen molar-refractivity contribution in [1.29, 1.82) is 0 Å². The summed E-state index contributed by atoms with van der Waals surface area (Å²) in [6.07, 6.45) is 2.11. The van der Waals surface area contributed by atoms with Crippen LogP contribution in [0.5, 0.6) is 0 Å². The molecule has 1 fully saturated rings. The fraction of sp³-hybridized carbons (Fsp3) is 0.407. The molecule has 0 unspecified atom stereocenters. The van der Waals surface area contributed by atoms with E-state index in [1.165, 1.54) is 16.8 Å². The van der Waals surface area contributed by atoms with E-state index in [0.29, 0.717) is 24.4 Å². The Kier molecular flexibility index (Phi) is 7.14.